The van der Waals surface area contributed by atoms with Crippen molar-refractivity contribution in [1.29, 1.82) is 0 Å². The summed E-state index contributed by atoms with van der Waals surface area (Å²) in [6.45, 7) is 11.8. The molecule has 3 atom stereocenters. The summed E-state index contributed by atoms with van der Waals surface area (Å²) in [7, 11) is 1.67. The fourth-order valence-corrected chi connectivity index (χ4v) is 7.54. The number of hydrogen-bond donors (Lipinski definition) is 1. The lowest BCUT2D eigenvalue weighted by molar-refractivity contribution is 0.0278. The molecule has 42 heavy (non-hydrogen) atoms. The van der Waals surface area contributed by atoms with Crippen LogP contribution in [-0.2, 0) is 17.7 Å². The van der Waals surface area contributed by atoms with E-state index < -0.39 is 5.60 Å². The van der Waals surface area contributed by atoms with Gasteiger partial charge in [-0.15, -0.1) is 11.3 Å². The molecule has 3 aromatic rings. The number of rotatable bonds is 6. The Morgan fingerprint density at radius 3 is 2.40 bits per heavy atom. The molecule has 9 heteroatoms. The lowest BCUT2D eigenvalue weighted by Gasteiger charge is -2.26. The van der Waals surface area contributed by atoms with Gasteiger partial charge in [-0.2, -0.15) is 0 Å². The summed E-state index contributed by atoms with van der Waals surface area (Å²) in [6.07, 6.45) is 2.32. The van der Waals surface area contributed by atoms with Crippen molar-refractivity contribution >= 4 is 23.3 Å². The van der Waals surface area contributed by atoms with Crippen LogP contribution < -0.4 is 14.8 Å². The second-order valence-electron chi connectivity index (χ2n) is 13.0. The van der Waals surface area contributed by atoms with Crippen LogP contribution in [0.2, 0.25) is 0 Å². The molecule has 0 radical (unpaired) electrons. The number of likely N-dealkylation sites (tertiary alicyclic amines) is 1. The van der Waals surface area contributed by atoms with Gasteiger partial charge in [0.05, 0.1) is 18.9 Å². The minimum Gasteiger partial charge on any atom is -0.493 e. The van der Waals surface area contributed by atoms with Crippen molar-refractivity contribution in [1.82, 2.24) is 14.8 Å². The van der Waals surface area contributed by atoms with E-state index in [0.717, 1.165) is 46.7 Å². The number of carbonyl (C=O) groups excluding carboxylic acids is 2. The van der Waals surface area contributed by atoms with Gasteiger partial charge in [0, 0.05) is 41.7 Å². The van der Waals surface area contributed by atoms with E-state index in [2.05, 4.69) is 39.5 Å². The van der Waals surface area contributed by atoms with Crippen molar-refractivity contribution in [2.75, 3.05) is 20.2 Å². The van der Waals surface area contributed by atoms with Crippen molar-refractivity contribution in [3.05, 3.63) is 47.0 Å². The van der Waals surface area contributed by atoms with Crippen molar-refractivity contribution in [3.63, 3.8) is 0 Å². The zero-order valence-electron chi connectivity index (χ0n) is 25.4. The molecular weight excluding hydrogens is 550 g/mol. The Bertz CT molecular complexity index is 1470. The summed E-state index contributed by atoms with van der Waals surface area (Å²) in [5.74, 6) is 2.17. The molecule has 1 unspecified atom stereocenters. The van der Waals surface area contributed by atoms with Gasteiger partial charge < -0.3 is 29.0 Å². The van der Waals surface area contributed by atoms with Gasteiger partial charge in [-0.05, 0) is 101 Å². The van der Waals surface area contributed by atoms with Gasteiger partial charge in [0.25, 0.3) is 5.91 Å². The number of aryl methyl sites for hydroxylation is 1. The molecule has 1 aromatic carbocycles. The van der Waals surface area contributed by atoms with E-state index in [1.807, 2.05) is 45.6 Å². The van der Waals surface area contributed by atoms with Crippen LogP contribution in [0.5, 0.6) is 11.5 Å². The number of thiophene rings is 1. The molecule has 2 aliphatic heterocycles. The van der Waals surface area contributed by atoms with E-state index in [-0.39, 0.29) is 24.1 Å². The SMILES string of the molecule is COc1cc2c(cc1OC(C)C)-c1c(-c3cccs3)cc(C(=O)NC3C[C@@H]4CN(C(=O)OC(C)(C)C)C[C@@H]4C3)n1CC2. The van der Waals surface area contributed by atoms with E-state index >= 15 is 0 Å². The standard InChI is InChI=1S/C33H41N3O5S/c1-19(2)40-28-16-24-20(14-27(28)39-6)9-10-36-26(15-25(30(24)36)29-8-7-11-42-29)31(37)34-23-12-21-17-35(18-22(21)13-23)32(38)41-33(3,4)5/h7-8,11,14-16,19,21-23H,9-10,12-13,17-18H2,1-6H3,(H,34,37)/t21-,22+,23?. The molecule has 224 valence electrons. The zero-order chi connectivity index (χ0) is 29.8. The van der Waals surface area contributed by atoms with Crippen LogP contribution in [0.3, 0.4) is 0 Å². The molecular formula is C33H41N3O5S. The predicted molar refractivity (Wildman–Crippen MR) is 164 cm³/mol. The molecule has 6 rings (SSSR count). The van der Waals surface area contributed by atoms with Crippen LogP contribution in [0.1, 0.15) is 63.5 Å². The molecule has 4 heterocycles. The highest BCUT2D eigenvalue weighted by Crippen LogP contribution is 2.45. The van der Waals surface area contributed by atoms with Gasteiger partial charge in [-0.1, -0.05) is 6.07 Å². The highest BCUT2D eigenvalue weighted by atomic mass is 32.1. The Kier molecular flexibility index (Phi) is 7.50. The summed E-state index contributed by atoms with van der Waals surface area (Å²) >= 11 is 1.68. The van der Waals surface area contributed by atoms with Crippen molar-refractivity contribution in [2.45, 2.75) is 78.2 Å². The maximum Gasteiger partial charge on any atom is 0.410 e. The normalized spacial score (nSPS) is 21.1. The Balaban J connectivity index is 1.25. The first kappa shape index (κ1) is 28.6. The van der Waals surface area contributed by atoms with E-state index in [9.17, 15) is 9.59 Å². The smallest absolute Gasteiger partial charge is 0.410 e. The third-order valence-corrected chi connectivity index (χ3v) is 9.37. The number of amides is 2. The summed E-state index contributed by atoms with van der Waals surface area (Å²) < 4.78 is 19.6. The molecule has 0 spiro atoms. The molecule has 2 fully saturated rings. The van der Waals surface area contributed by atoms with E-state index in [1.54, 1.807) is 18.4 Å². The van der Waals surface area contributed by atoms with Gasteiger partial charge in [0.2, 0.25) is 0 Å². The number of hydrogen-bond acceptors (Lipinski definition) is 6. The highest BCUT2D eigenvalue weighted by molar-refractivity contribution is 7.13. The Morgan fingerprint density at radius 2 is 1.79 bits per heavy atom. The Morgan fingerprint density at radius 1 is 1.05 bits per heavy atom. The number of methoxy groups -OCH3 is 1. The second kappa shape index (κ2) is 11.0. The molecule has 1 N–H and O–H groups in total. The number of aromatic nitrogens is 1. The molecule has 1 aliphatic carbocycles. The summed E-state index contributed by atoms with van der Waals surface area (Å²) in [5, 5.41) is 5.43. The molecule has 3 aliphatic rings. The summed E-state index contributed by atoms with van der Waals surface area (Å²) in [6, 6.07) is 10.5. The quantitative estimate of drug-likeness (QED) is 0.349. The number of nitrogens with one attached hydrogen (secondary N) is 1. The van der Waals surface area contributed by atoms with Crippen LogP contribution in [-0.4, -0.2) is 59.4 Å². The van der Waals surface area contributed by atoms with Gasteiger partial charge >= 0.3 is 6.09 Å². The number of benzene rings is 1. The number of nitrogens with zero attached hydrogens (tertiary/aromatic N) is 2. The topological polar surface area (TPSA) is 82.0 Å². The maximum absolute atomic E-state index is 13.9. The van der Waals surface area contributed by atoms with Crippen molar-refractivity contribution in [2.24, 2.45) is 11.8 Å². The largest absolute Gasteiger partial charge is 0.493 e. The third-order valence-electron chi connectivity index (χ3n) is 8.47. The fourth-order valence-electron chi connectivity index (χ4n) is 6.80. The average Bonchev–Trinajstić information content (AvgIpc) is 3.69. The first-order chi connectivity index (χ1) is 20.0. The number of ether oxygens (including phenoxy) is 3. The summed E-state index contributed by atoms with van der Waals surface area (Å²) in [4.78, 5) is 29.4. The van der Waals surface area contributed by atoms with Gasteiger partial charge in [0.15, 0.2) is 11.5 Å². The highest BCUT2D eigenvalue weighted by Gasteiger charge is 2.44. The molecule has 8 nitrogen and oxygen atoms in total. The van der Waals surface area contributed by atoms with E-state index in [0.29, 0.717) is 42.9 Å². The number of carbonyl (C=O) groups is 2. The molecule has 1 saturated carbocycles. The summed E-state index contributed by atoms with van der Waals surface area (Å²) in [5.41, 5.74) is 4.58. The van der Waals surface area contributed by atoms with Crippen LogP contribution in [0.15, 0.2) is 35.7 Å². The van der Waals surface area contributed by atoms with Crippen LogP contribution in [0.25, 0.3) is 21.7 Å². The molecule has 1 saturated heterocycles. The lowest BCUT2D eigenvalue weighted by atomic mass is 9.95. The van der Waals surface area contributed by atoms with Crippen molar-refractivity contribution in [3.8, 4) is 33.2 Å². The predicted octanol–water partition coefficient (Wildman–Crippen LogP) is 6.61. The molecule has 2 aromatic heterocycles. The van der Waals surface area contributed by atoms with Crippen molar-refractivity contribution < 1.29 is 23.8 Å². The first-order valence-electron chi connectivity index (χ1n) is 14.9. The number of fused-ring (bicyclic) bond motifs is 4. The van der Waals surface area contributed by atoms with Gasteiger partial charge in [-0.3, -0.25) is 4.79 Å². The van der Waals surface area contributed by atoms with Crippen LogP contribution in [0, 0.1) is 11.8 Å². The first-order valence-corrected chi connectivity index (χ1v) is 15.8. The lowest BCUT2D eigenvalue weighted by Crippen LogP contribution is -2.38. The van der Waals surface area contributed by atoms with Crippen LogP contribution >= 0.6 is 11.3 Å². The van der Waals surface area contributed by atoms with E-state index in [4.69, 9.17) is 14.2 Å². The minimum absolute atomic E-state index is 0.00699. The van der Waals surface area contributed by atoms with E-state index in [1.165, 1.54) is 5.56 Å². The zero-order valence-corrected chi connectivity index (χ0v) is 26.2. The Labute approximate surface area is 251 Å². The monoisotopic (exact) mass is 591 g/mol. The third kappa shape index (κ3) is 5.51. The molecule has 2 amide bonds. The van der Waals surface area contributed by atoms with Crippen LogP contribution in [0.4, 0.5) is 4.79 Å². The van der Waals surface area contributed by atoms with Gasteiger partial charge in [0.1, 0.15) is 11.3 Å². The minimum atomic E-state index is -0.501. The Hall–Kier alpha value is -3.46. The maximum atomic E-state index is 13.9. The molecule has 0 bridgehead atoms. The second-order valence-corrected chi connectivity index (χ2v) is 14.0. The fraction of sp³-hybridized carbons (Fsp3) is 0.515. The van der Waals surface area contributed by atoms with Gasteiger partial charge in [-0.25, -0.2) is 4.79 Å². The average molecular weight is 592 g/mol.